The largest absolute Gasteiger partial charge is 0.374 e. The summed E-state index contributed by atoms with van der Waals surface area (Å²) in [4.78, 5) is 19.4. The first-order valence-electron chi connectivity index (χ1n) is 5.72. The zero-order valence-corrected chi connectivity index (χ0v) is 11.1. The fraction of sp³-hybridized carbons (Fsp3) is 0.636. The molecule has 1 unspecified atom stereocenters. The Bertz CT molecular complexity index is 368. The lowest BCUT2D eigenvalue weighted by Gasteiger charge is -2.17. The number of hydrogen-bond donors (Lipinski definition) is 1. The number of hydrogen-bond acceptors (Lipinski definition) is 4. The van der Waals surface area contributed by atoms with Gasteiger partial charge in [0.2, 0.25) is 0 Å². The lowest BCUT2D eigenvalue weighted by molar-refractivity contribution is 0.209. The average molecular weight is 254 g/mol. The predicted molar refractivity (Wildman–Crippen MR) is 71.0 cm³/mol. The van der Waals surface area contributed by atoms with Crippen molar-refractivity contribution in [2.75, 3.05) is 26.7 Å². The highest BCUT2D eigenvalue weighted by molar-refractivity contribution is 8.03. The average Bonchev–Trinajstić information content (AvgIpc) is 2.82. The molecule has 94 valence electrons. The van der Waals surface area contributed by atoms with Crippen molar-refractivity contribution in [3.05, 3.63) is 10.7 Å². The fourth-order valence-corrected chi connectivity index (χ4v) is 3.26. The van der Waals surface area contributed by atoms with E-state index in [1.54, 1.807) is 16.7 Å². The van der Waals surface area contributed by atoms with Gasteiger partial charge in [-0.2, -0.15) is 0 Å². The predicted octanol–water partition coefficient (Wildman–Crippen LogP) is 1.30. The number of thioether (sulfide) groups is 1. The molecule has 2 aliphatic rings. The van der Waals surface area contributed by atoms with Gasteiger partial charge in [0.1, 0.15) is 0 Å². The number of rotatable bonds is 4. The third kappa shape index (κ3) is 2.41. The van der Waals surface area contributed by atoms with Crippen LogP contribution in [-0.4, -0.2) is 54.6 Å². The van der Waals surface area contributed by atoms with Gasteiger partial charge >= 0.3 is 6.03 Å². The Morgan fingerprint density at radius 2 is 2.35 bits per heavy atom. The smallest absolute Gasteiger partial charge is 0.324 e. The van der Waals surface area contributed by atoms with Crippen LogP contribution in [0.3, 0.4) is 0 Å². The lowest BCUT2D eigenvalue weighted by atomic mass is 10.4. The van der Waals surface area contributed by atoms with Crippen LogP contribution in [-0.2, 0) is 0 Å². The first-order chi connectivity index (χ1) is 8.13. The molecule has 2 heterocycles. The maximum absolute atomic E-state index is 11.9. The molecule has 1 N–H and O–H groups in total. The van der Waals surface area contributed by atoms with Gasteiger partial charge in [0.15, 0.2) is 0 Å². The molecule has 0 saturated carbocycles. The Labute approximate surface area is 106 Å². The summed E-state index contributed by atoms with van der Waals surface area (Å²) in [7, 11) is 1.84. The minimum atomic E-state index is 0.0937. The number of urea groups is 1. The number of aliphatic imine (C=N–C) groups is 1. The van der Waals surface area contributed by atoms with Crippen LogP contribution in [0.4, 0.5) is 4.79 Å². The fourth-order valence-electron chi connectivity index (χ4n) is 2.00. The van der Waals surface area contributed by atoms with Crippen LogP contribution in [0.25, 0.3) is 0 Å². The minimum Gasteiger partial charge on any atom is -0.374 e. The first kappa shape index (κ1) is 12.3. The summed E-state index contributed by atoms with van der Waals surface area (Å²) < 4.78 is 0. The van der Waals surface area contributed by atoms with Crippen LogP contribution in [0.2, 0.25) is 0 Å². The Morgan fingerprint density at radius 3 is 2.94 bits per heavy atom. The van der Waals surface area contributed by atoms with E-state index in [2.05, 4.69) is 17.0 Å². The van der Waals surface area contributed by atoms with Crippen molar-refractivity contribution in [1.82, 2.24) is 15.1 Å². The number of amides is 2. The SMILES string of the molecule is C=NCCC1NC(C)=C(N2CCN(C)C2=O)S1. The summed E-state index contributed by atoms with van der Waals surface area (Å²) in [6.45, 7) is 7.84. The molecule has 1 atom stereocenters. The molecule has 2 amide bonds. The molecule has 0 aromatic rings. The molecule has 1 saturated heterocycles. The van der Waals surface area contributed by atoms with E-state index in [0.29, 0.717) is 5.37 Å². The van der Waals surface area contributed by atoms with E-state index in [1.165, 1.54) is 0 Å². The van der Waals surface area contributed by atoms with Crippen molar-refractivity contribution in [1.29, 1.82) is 0 Å². The van der Waals surface area contributed by atoms with Crippen molar-refractivity contribution in [3.8, 4) is 0 Å². The van der Waals surface area contributed by atoms with Crippen molar-refractivity contribution in [2.24, 2.45) is 4.99 Å². The zero-order valence-electron chi connectivity index (χ0n) is 10.3. The quantitative estimate of drug-likeness (QED) is 0.769. The molecular formula is C11H18N4OS. The Morgan fingerprint density at radius 1 is 1.59 bits per heavy atom. The first-order valence-corrected chi connectivity index (χ1v) is 6.60. The summed E-state index contributed by atoms with van der Waals surface area (Å²) in [6.07, 6.45) is 0.937. The van der Waals surface area contributed by atoms with Gasteiger partial charge in [0, 0.05) is 32.4 Å². The Hall–Kier alpha value is -1.17. The van der Waals surface area contributed by atoms with Crippen molar-refractivity contribution in [3.63, 3.8) is 0 Å². The zero-order chi connectivity index (χ0) is 12.4. The van der Waals surface area contributed by atoms with E-state index in [9.17, 15) is 4.79 Å². The third-order valence-electron chi connectivity index (χ3n) is 2.96. The van der Waals surface area contributed by atoms with E-state index in [0.717, 1.165) is 36.8 Å². The lowest BCUT2D eigenvalue weighted by Crippen LogP contribution is -2.28. The highest BCUT2D eigenvalue weighted by atomic mass is 32.2. The molecule has 0 radical (unpaired) electrons. The van der Waals surface area contributed by atoms with E-state index in [1.807, 2.05) is 18.9 Å². The standard InChI is InChI=1S/C11H18N4OS/c1-8-10(15-7-6-14(3)11(15)16)17-9(13-8)4-5-12-2/h9,13H,2,4-7H2,1,3H3. The van der Waals surface area contributed by atoms with Crippen LogP contribution < -0.4 is 5.32 Å². The molecule has 6 heteroatoms. The van der Waals surface area contributed by atoms with Gasteiger partial charge in [-0.25, -0.2) is 4.79 Å². The highest BCUT2D eigenvalue weighted by Crippen LogP contribution is 2.35. The van der Waals surface area contributed by atoms with Gasteiger partial charge < -0.3 is 15.2 Å². The van der Waals surface area contributed by atoms with E-state index >= 15 is 0 Å². The molecule has 0 aromatic carbocycles. The van der Waals surface area contributed by atoms with Gasteiger partial charge in [-0.05, 0) is 20.1 Å². The molecule has 0 aliphatic carbocycles. The molecular weight excluding hydrogens is 236 g/mol. The number of allylic oxidation sites excluding steroid dienone is 1. The summed E-state index contributed by atoms with van der Waals surface area (Å²) in [5.41, 5.74) is 1.09. The van der Waals surface area contributed by atoms with Crippen LogP contribution in [0, 0.1) is 0 Å². The van der Waals surface area contributed by atoms with Crippen LogP contribution in [0.15, 0.2) is 15.7 Å². The van der Waals surface area contributed by atoms with Crippen LogP contribution >= 0.6 is 11.8 Å². The molecule has 0 spiro atoms. The van der Waals surface area contributed by atoms with Gasteiger partial charge in [0.25, 0.3) is 0 Å². The maximum atomic E-state index is 11.9. The number of carbonyl (C=O) groups is 1. The molecule has 17 heavy (non-hydrogen) atoms. The second kappa shape index (κ2) is 5.00. The summed E-state index contributed by atoms with van der Waals surface area (Å²) in [5, 5.41) is 4.77. The number of likely N-dealkylation sites (N-methyl/N-ethyl adjacent to an activating group) is 1. The number of carbonyl (C=O) groups excluding carboxylic acids is 1. The minimum absolute atomic E-state index is 0.0937. The van der Waals surface area contributed by atoms with Gasteiger partial charge in [-0.1, -0.05) is 11.8 Å². The normalized spacial score (nSPS) is 24.6. The number of nitrogens with one attached hydrogen (secondary N) is 1. The van der Waals surface area contributed by atoms with Crippen LogP contribution in [0.1, 0.15) is 13.3 Å². The number of nitrogens with zero attached hydrogens (tertiary/aromatic N) is 3. The monoisotopic (exact) mass is 254 g/mol. The van der Waals surface area contributed by atoms with Gasteiger partial charge in [0.05, 0.1) is 10.4 Å². The van der Waals surface area contributed by atoms with Gasteiger partial charge in [-0.3, -0.25) is 4.90 Å². The van der Waals surface area contributed by atoms with Crippen molar-refractivity contribution >= 4 is 24.5 Å². The Kier molecular flexibility index (Phi) is 3.61. The highest BCUT2D eigenvalue weighted by Gasteiger charge is 2.34. The molecule has 2 rings (SSSR count). The second-order valence-corrected chi connectivity index (χ2v) is 5.46. The van der Waals surface area contributed by atoms with E-state index in [4.69, 9.17) is 0 Å². The summed E-state index contributed by atoms with van der Waals surface area (Å²) >= 11 is 1.72. The maximum Gasteiger partial charge on any atom is 0.324 e. The third-order valence-corrected chi connectivity index (χ3v) is 4.35. The second-order valence-electron chi connectivity index (χ2n) is 4.27. The van der Waals surface area contributed by atoms with E-state index < -0.39 is 0 Å². The molecule has 0 bridgehead atoms. The Balaban J connectivity index is 2.00. The van der Waals surface area contributed by atoms with Crippen molar-refractivity contribution in [2.45, 2.75) is 18.7 Å². The van der Waals surface area contributed by atoms with Crippen LogP contribution in [0.5, 0.6) is 0 Å². The van der Waals surface area contributed by atoms with E-state index in [-0.39, 0.29) is 6.03 Å². The van der Waals surface area contributed by atoms with Gasteiger partial charge in [-0.15, -0.1) is 0 Å². The summed E-state index contributed by atoms with van der Waals surface area (Å²) in [6, 6.07) is 0.0937. The molecule has 0 aromatic heterocycles. The molecule has 5 nitrogen and oxygen atoms in total. The topological polar surface area (TPSA) is 47.9 Å². The van der Waals surface area contributed by atoms with Crippen molar-refractivity contribution < 1.29 is 4.79 Å². The molecule has 1 fully saturated rings. The molecule has 2 aliphatic heterocycles. The summed E-state index contributed by atoms with van der Waals surface area (Å²) in [5.74, 6) is 0.